The van der Waals surface area contributed by atoms with Crippen LogP contribution in [0.5, 0.6) is 11.5 Å². The Morgan fingerprint density at radius 2 is 2.05 bits per heavy atom. The number of carbonyl (C=O) groups is 2. The van der Waals surface area contributed by atoms with E-state index in [1.165, 1.54) is 4.90 Å². The van der Waals surface area contributed by atoms with E-state index in [0.29, 0.717) is 42.1 Å². The summed E-state index contributed by atoms with van der Waals surface area (Å²) < 4.78 is 41.3. The second kappa shape index (κ2) is 10.8. The van der Waals surface area contributed by atoms with Crippen molar-refractivity contribution in [3.8, 4) is 11.5 Å². The number of ether oxygens (including phenoxy) is 3. The molecule has 0 spiro atoms. The molecule has 39 heavy (non-hydrogen) atoms. The van der Waals surface area contributed by atoms with Gasteiger partial charge in [-0.25, -0.2) is 0 Å². The average molecular weight is 543 g/mol. The molecular formula is C28H32F2N4O5. The first-order chi connectivity index (χ1) is 18.7. The standard InChI is InChI=1S/C28H32F2N4O5/c1-3-28(2)14-24(35)34(27(31)33-28)21-10-11-37-22-9-8-16(12-19(21)22)25(36)32-20-13-17(15-38-26(29)30)39-23-7-5-4-6-18(20)23/h4-9,12,17,20-21,26H,3,10-11,13-15H2,1-2H3,(H2,31,33)(H,32,36)/t17-,20-,21-,28-/m1/s1. The van der Waals surface area contributed by atoms with E-state index in [0.717, 1.165) is 5.56 Å². The summed E-state index contributed by atoms with van der Waals surface area (Å²) in [4.78, 5) is 28.1. The topological polar surface area (TPSA) is 113 Å². The molecule has 3 heterocycles. The summed E-state index contributed by atoms with van der Waals surface area (Å²) in [6, 6.07) is 11.3. The fraction of sp³-hybridized carbons (Fsp3) is 0.464. The Morgan fingerprint density at radius 1 is 1.26 bits per heavy atom. The van der Waals surface area contributed by atoms with Gasteiger partial charge in [-0.15, -0.1) is 0 Å². The van der Waals surface area contributed by atoms with E-state index in [2.05, 4.69) is 15.4 Å². The lowest BCUT2D eigenvalue weighted by atomic mass is 9.89. The molecule has 3 N–H and O–H groups in total. The van der Waals surface area contributed by atoms with Crippen LogP contribution in [-0.2, 0) is 9.53 Å². The molecule has 0 bridgehead atoms. The van der Waals surface area contributed by atoms with Crippen LogP contribution >= 0.6 is 0 Å². The van der Waals surface area contributed by atoms with Gasteiger partial charge >= 0.3 is 6.61 Å². The molecule has 3 aliphatic rings. The van der Waals surface area contributed by atoms with Gasteiger partial charge in [0.05, 0.1) is 31.7 Å². The van der Waals surface area contributed by atoms with E-state index < -0.39 is 30.3 Å². The lowest BCUT2D eigenvalue weighted by Gasteiger charge is -2.44. The summed E-state index contributed by atoms with van der Waals surface area (Å²) in [5.74, 6) is 0.595. The molecule has 0 aromatic heterocycles. The summed E-state index contributed by atoms with van der Waals surface area (Å²) in [6.07, 6.45) is 1.05. The van der Waals surface area contributed by atoms with Crippen LogP contribution in [0.4, 0.5) is 8.78 Å². The van der Waals surface area contributed by atoms with Crippen molar-refractivity contribution in [2.24, 2.45) is 0 Å². The highest BCUT2D eigenvalue weighted by Gasteiger charge is 2.42. The number of fused-ring (bicyclic) bond motifs is 2. The quantitative estimate of drug-likeness (QED) is 0.481. The second-order valence-corrected chi connectivity index (χ2v) is 10.4. The normalized spacial score (nSPS) is 26.2. The van der Waals surface area contributed by atoms with Crippen LogP contribution < -0.4 is 20.1 Å². The maximum atomic E-state index is 13.4. The van der Waals surface area contributed by atoms with Crippen LogP contribution in [0.3, 0.4) is 0 Å². The molecule has 1 fully saturated rings. The summed E-state index contributed by atoms with van der Waals surface area (Å²) in [7, 11) is 0. The van der Waals surface area contributed by atoms with E-state index in [4.69, 9.17) is 14.9 Å². The van der Waals surface area contributed by atoms with Crippen molar-refractivity contribution >= 4 is 17.8 Å². The molecule has 9 nitrogen and oxygen atoms in total. The highest BCUT2D eigenvalue weighted by atomic mass is 19.3. The highest BCUT2D eigenvalue weighted by Crippen LogP contribution is 2.39. The monoisotopic (exact) mass is 542 g/mol. The Hall–Kier alpha value is -3.73. The molecule has 208 valence electrons. The van der Waals surface area contributed by atoms with Gasteiger partial charge in [-0.05, 0) is 37.6 Å². The Morgan fingerprint density at radius 3 is 2.79 bits per heavy atom. The molecule has 4 atom stereocenters. The summed E-state index contributed by atoms with van der Waals surface area (Å²) in [5.41, 5.74) is 1.29. The molecule has 1 saturated heterocycles. The first-order valence-electron chi connectivity index (χ1n) is 13.1. The van der Waals surface area contributed by atoms with Crippen LogP contribution in [0, 0.1) is 5.41 Å². The van der Waals surface area contributed by atoms with Gasteiger partial charge < -0.3 is 24.8 Å². The van der Waals surface area contributed by atoms with E-state index in [-0.39, 0.29) is 37.2 Å². The predicted molar refractivity (Wildman–Crippen MR) is 138 cm³/mol. The minimum atomic E-state index is -2.91. The fourth-order valence-corrected chi connectivity index (χ4v) is 5.42. The van der Waals surface area contributed by atoms with Gasteiger partial charge in [-0.1, -0.05) is 25.1 Å². The minimum absolute atomic E-state index is 0.0409. The molecule has 2 amide bonds. The first-order valence-corrected chi connectivity index (χ1v) is 13.1. The Balaban J connectivity index is 1.37. The average Bonchev–Trinajstić information content (AvgIpc) is 2.91. The number of para-hydroxylation sites is 1. The zero-order valence-electron chi connectivity index (χ0n) is 21.8. The maximum absolute atomic E-state index is 13.4. The van der Waals surface area contributed by atoms with Crippen molar-refractivity contribution in [1.29, 1.82) is 5.41 Å². The Kier molecular flexibility index (Phi) is 7.44. The third kappa shape index (κ3) is 5.54. The number of benzene rings is 2. The van der Waals surface area contributed by atoms with E-state index in [9.17, 15) is 18.4 Å². The molecule has 3 aliphatic heterocycles. The van der Waals surface area contributed by atoms with Crippen molar-refractivity contribution in [3.63, 3.8) is 0 Å². The largest absolute Gasteiger partial charge is 0.493 e. The minimum Gasteiger partial charge on any atom is -0.493 e. The molecule has 2 aromatic carbocycles. The van der Waals surface area contributed by atoms with Gasteiger partial charge in [0.15, 0.2) is 5.96 Å². The number of hydrogen-bond acceptors (Lipinski definition) is 6. The first kappa shape index (κ1) is 26.9. The molecule has 0 radical (unpaired) electrons. The van der Waals surface area contributed by atoms with Gasteiger partial charge in [-0.3, -0.25) is 19.9 Å². The number of nitrogens with zero attached hydrogens (tertiary/aromatic N) is 1. The van der Waals surface area contributed by atoms with E-state index in [1.807, 2.05) is 26.0 Å². The van der Waals surface area contributed by atoms with Crippen LogP contribution in [0.2, 0.25) is 0 Å². The van der Waals surface area contributed by atoms with Crippen molar-refractivity contribution in [2.45, 2.75) is 69.9 Å². The number of guanidine groups is 1. The molecular weight excluding hydrogens is 510 g/mol. The Labute approximate surface area is 225 Å². The van der Waals surface area contributed by atoms with Crippen LogP contribution in [0.1, 0.15) is 73.1 Å². The lowest BCUT2D eigenvalue weighted by molar-refractivity contribution is -0.146. The van der Waals surface area contributed by atoms with E-state index >= 15 is 0 Å². The van der Waals surface area contributed by atoms with Gasteiger partial charge in [0.25, 0.3) is 5.91 Å². The van der Waals surface area contributed by atoms with Gasteiger partial charge in [-0.2, -0.15) is 8.78 Å². The zero-order valence-corrected chi connectivity index (χ0v) is 21.8. The number of amides is 2. The van der Waals surface area contributed by atoms with Gasteiger partial charge in [0.1, 0.15) is 17.6 Å². The third-order valence-electron chi connectivity index (χ3n) is 7.64. The second-order valence-electron chi connectivity index (χ2n) is 10.4. The number of rotatable bonds is 7. The number of alkyl halides is 2. The SMILES string of the molecule is CC[C@]1(C)CC(=O)N([C@@H]2CCOc3ccc(C(=O)N[C@@H]4C[C@H](COC(F)F)Oc5ccccc54)cc32)C(=N)N1. The summed E-state index contributed by atoms with van der Waals surface area (Å²) >= 11 is 0. The maximum Gasteiger partial charge on any atom is 0.345 e. The van der Waals surface area contributed by atoms with Gasteiger partial charge in [0.2, 0.25) is 5.91 Å². The lowest BCUT2D eigenvalue weighted by Crippen LogP contribution is -2.61. The molecule has 0 unspecified atom stereocenters. The van der Waals surface area contributed by atoms with Crippen LogP contribution in [-0.4, -0.2) is 54.1 Å². The smallest absolute Gasteiger partial charge is 0.345 e. The van der Waals surface area contributed by atoms with Crippen LogP contribution in [0.25, 0.3) is 0 Å². The van der Waals surface area contributed by atoms with Gasteiger partial charge in [0, 0.05) is 35.1 Å². The number of hydrogen-bond donors (Lipinski definition) is 3. The van der Waals surface area contributed by atoms with Crippen molar-refractivity contribution < 1.29 is 32.6 Å². The highest BCUT2D eigenvalue weighted by molar-refractivity contribution is 6.00. The number of nitrogens with one attached hydrogen (secondary N) is 3. The molecule has 2 aromatic rings. The van der Waals surface area contributed by atoms with Crippen molar-refractivity contribution in [3.05, 3.63) is 59.2 Å². The number of halogens is 2. The molecule has 0 saturated carbocycles. The van der Waals surface area contributed by atoms with Crippen molar-refractivity contribution in [2.75, 3.05) is 13.2 Å². The molecule has 5 rings (SSSR count). The van der Waals surface area contributed by atoms with Crippen LogP contribution in [0.15, 0.2) is 42.5 Å². The predicted octanol–water partition coefficient (Wildman–Crippen LogP) is 4.30. The summed E-state index contributed by atoms with van der Waals surface area (Å²) in [6.45, 7) is 1.06. The Bertz CT molecular complexity index is 1250. The van der Waals surface area contributed by atoms with Crippen molar-refractivity contribution in [1.82, 2.24) is 15.5 Å². The molecule has 11 heteroatoms. The molecule has 0 aliphatic carbocycles. The third-order valence-corrected chi connectivity index (χ3v) is 7.64. The van der Waals surface area contributed by atoms with E-state index in [1.54, 1.807) is 30.3 Å². The fourth-order valence-electron chi connectivity index (χ4n) is 5.42. The summed E-state index contributed by atoms with van der Waals surface area (Å²) in [5, 5.41) is 14.8. The zero-order chi connectivity index (χ0) is 27.7. The number of carbonyl (C=O) groups excluding carboxylic acids is 2.